The lowest BCUT2D eigenvalue weighted by molar-refractivity contribution is -0.384. The molecule has 0 radical (unpaired) electrons. The summed E-state index contributed by atoms with van der Waals surface area (Å²) in [6.07, 6.45) is 2.18. The highest BCUT2D eigenvalue weighted by Gasteiger charge is 2.18. The number of nitrogens with zero attached hydrogens (tertiary/aromatic N) is 2. The minimum Gasteiger partial charge on any atom is -0.373 e. The fourth-order valence-corrected chi connectivity index (χ4v) is 1.65. The molecule has 1 heterocycles. The third-order valence-corrected chi connectivity index (χ3v) is 2.65. The van der Waals surface area contributed by atoms with Gasteiger partial charge >= 0.3 is 5.69 Å². The van der Waals surface area contributed by atoms with E-state index in [1.807, 2.05) is 0 Å². The van der Waals surface area contributed by atoms with Gasteiger partial charge in [0.25, 0.3) is 0 Å². The first-order valence-corrected chi connectivity index (χ1v) is 5.46. The molecule has 7 nitrogen and oxygen atoms in total. The van der Waals surface area contributed by atoms with E-state index < -0.39 is 11.2 Å². The van der Waals surface area contributed by atoms with Crippen LogP contribution in [0.25, 0.3) is 0 Å². The SMILES string of the molecule is COC(CNc1c(Br)cncc1[N+](=O)[O-])OC. The molecule has 17 heavy (non-hydrogen) atoms. The molecule has 0 unspecified atom stereocenters. The summed E-state index contributed by atoms with van der Waals surface area (Å²) in [7, 11) is 2.98. The number of anilines is 1. The van der Waals surface area contributed by atoms with Crippen molar-refractivity contribution < 1.29 is 14.4 Å². The van der Waals surface area contributed by atoms with Crippen LogP contribution in [-0.4, -0.2) is 37.0 Å². The lowest BCUT2D eigenvalue weighted by atomic mass is 10.3. The van der Waals surface area contributed by atoms with Gasteiger partial charge in [-0.15, -0.1) is 0 Å². The first-order chi connectivity index (χ1) is 8.10. The van der Waals surface area contributed by atoms with Crippen LogP contribution in [0.4, 0.5) is 11.4 Å². The molecule has 0 amide bonds. The Kier molecular flexibility index (Phi) is 5.26. The Labute approximate surface area is 106 Å². The van der Waals surface area contributed by atoms with Gasteiger partial charge in [0.2, 0.25) is 0 Å². The number of aromatic nitrogens is 1. The fraction of sp³-hybridized carbons (Fsp3) is 0.444. The van der Waals surface area contributed by atoms with Crippen molar-refractivity contribution in [2.45, 2.75) is 6.29 Å². The number of hydrogen-bond acceptors (Lipinski definition) is 6. The van der Waals surface area contributed by atoms with E-state index >= 15 is 0 Å². The van der Waals surface area contributed by atoms with Crippen molar-refractivity contribution in [3.05, 3.63) is 27.0 Å². The van der Waals surface area contributed by atoms with Gasteiger partial charge in [-0.25, -0.2) is 0 Å². The van der Waals surface area contributed by atoms with Crippen molar-refractivity contribution in [2.24, 2.45) is 0 Å². The van der Waals surface area contributed by atoms with Crippen LogP contribution in [0.3, 0.4) is 0 Å². The molecule has 1 aromatic rings. The molecule has 0 saturated heterocycles. The summed E-state index contributed by atoms with van der Waals surface area (Å²) in [6, 6.07) is 0. The first-order valence-electron chi connectivity index (χ1n) is 4.67. The van der Waals surface area contributed by atoms with Crippen molar-refractivity contribution >= 4 is 27.3 Å². The predicted molar refractivity (Wildman–Crippen MR) is 64.9 cm³/mol. The number of methoxy groups -OCH3 is 2. The second-order valence-corrected chi connectivity index (χ2v) is 3.91. The zero-order valence-corrected chi connectivity index (χ0v) is 10.9. The Bertz CT molecular complexity index is 398. The van der Waals surface area contributed by atoms with Crippen LogP contribution in [0, 0.1) is 10.1 Å². The maximum Gasteiger partial charge on any atom is 0.311 e. The predicted octanol–water partition coefficient (Wildman–Crippen LogP) is 1.78. The molecule has 0 bridgehead atoms. The van der Waals surface area contributed by atoms with E-state index in [-0.39, 0.29) is 12.2 Å². The quantitative estimate of drug-likeness (QED) is 0.490. The summed E-state index contributed by atoms with van der Waals surface area (Å²) in [4.78, 5) is 14.0. The van der Waals surface area contributed by atoms with Gasteiger partial charge in [-0.2, -0.15) is 0 Å². The molecule has 1 aromatic heterocycles. The van der Waals surface area contributed by atoms with E-state index in [4.69, 9.17) is 9.47 Å². The molecule has 0 aliphatic heterocycles. The first kappa shape index (κ1) is 13.8. The topological polar surface area (TPSA) is 86.5 Å². The molecule has 0 fully saturated rings. The number of pyridine rings is 1. The zero-order chi connectivity index (χ0) is 12.8. The normalized spacial score (nSPS) is 10.6. The van der Waals surface area contributed by atoms with Gasteiger partial charge in [-0.3, -0.25) is 15.1 Å². The Morgan fingerprint density at radius 1 is 1.53 bits per heavy atom. The second-order valence-electron chi connectivity index (χ2n) is 3.05. The summed E-state index contributed by atoms with van der Waals surface area (Å²) in [5, 5.41) is 13.7. The van der Waals surface area contributed by atoms with Crippen LogP contribution < -0.4 is 5.32 Å². The van der Waals surface area contributed by atoms with Crippen LogP contribution in [0.1, 0.15) is 0 Å². The zero-order valence-electron chi connectivity index (χ0n) is 9.34. The van der Waals surface area contributed by atoms with Crippen LogP contribution in [-0.2, 0) is 9.47 Å². The second kappa shape index (κ2) is 6.48. The highest BCUT2D eigenvalue weighted by molar-refractivity contribution is 9.10. The van der Waals surface area contributed by atoms with Gasteiger partial charge in [0.05, 0.1) is 15.9 Å². The molecule has 0 aliphatic carbocycles. The Morgan fingerprint density at radius 2 is 2.18 bits per heavy atom. The molecule has 0 aromatic carbocycles. The molecule has 0 aliphatic rings. The van der Waals surface area contributed by atoms with E-state index in [9.17, 15) is 10.1 Å². The highest BCUT2D eigenvalue weighted by Crippen LogP contribution is 2.30. The highest BCUT2D eigenvalue weighted by atomic mass is 79.9. The van der Waals surface area contributed by atoms with Gasteiger partial charge in [-0.1, -0.05) is 0 Å². The molecular weight excluding hydrogens is 294 g/mol. The molecule has 1 rings (SSSR count). The Morgan fingerprint density at radius 3 is 2.71 bits per heavy atom. The molecule has 8 heteroatoms. The number of rotatable bonds is 6. The molecule has 1 N–H and O–H groups in total. The van der Waals surface area contributed by atoms with Gasteiger partial charge in [-0.05, 0) is 15.9 Å². The van der Waals surface area contributed by atoms with Gasteiger partial charge in [0, 0.05) is 20.4 Å². The Balaban J connectivity index is 2.85. The van der Waals surface area contributed by atoms with Crippen LogP contribution in [0.15, 0.2) is 16.9 Å². The summed E-state index contributed by atoms with van der Waals surface area (Å²) in [5.41, 5.74) is 0.245. The molecule has 94 valence electrons. The summed E-state index contributed by atoms with van der Waals surface area (Å²) in [6.45, 7) is 0.288. The largest absolute Gasteiger partial charge is 0.373 e. The number of hydrogen-bond donors (Lipinski definition) is 1. The molecule has 0 atom stereocenters. The van der Waals surface area contributed by atoms with Crippen molar-refractivity contribution in [2.75, 3.05) is 26.1 Å². The summed E-state index contributed by atoms with van der Waals surface area (Å²) >= 11 is 3.20. The van der Waals surface area contributed by atoms with Gasteiger partial charge in [0.1, 0.15) is 11.9 Å². The fourth-order valence-electron chi connectivity index (χ4n) is 1.19. The monoisotopic (exact) mass is 305 g/mol. The van der Waals surface area contributed by atoms with E-state index in [2.05, 4.69) is 26.2 Å². The average Bonchev–Trinajstić information content (AvgIpc) is 2.31. The van der Waals surface area contributed by atoms with Crippen molar-refractivity contribution in [1.82, 2.24) is 4.98 Å². The third kappa shape index (κ3) is 3.62. The van der Waals surface area contributed by atoms with Crippen LogP contribution in [0.2, 0.25) is 0 Å². The standard InChI is InChI=1S/C9H12BrN3O4/c1-16-8(17-2)5-12-9-6(10)3-11-4-7(9)13(14)15/h3-4,8H,5H2,1-2H3,(H,11,12). The number of nitrogens with one attached hydrogen (secondary N) is 1. The van der Waals surface area contributed by atoms with Gasteiger partial charge < -0.3 is 14.8 Å². The van der Waals surface area contributed by atoms with E-state index in [1.165, 1.54) is 26.6 Å². The molecule has 0 spiro atoms. The maximum absolute atomic E-state index is 10.8. The lowest BCUT2D eigenvalue weighted by Crippen LogP contribution is -2.24. The van der Waals surface area contributed by atoms with Crippen LogP contribution in [0.5, 0.6) is 0 Å². The minimum atomic E-state index is -0.505. The molecule has 0 saturated carbocycles. The number of nitro groups is 1. The summed E-state index contributed by atoms with van der Waals surface area (Å²) in [5.74, 6) is 0. The maximum atomic E-state index is 10.8. The molecular formula is C9H12BrN3O4. The van der Waals surface area contributed by atoms with Gasteiger partial charge in [0.15, 0.2) is 6.29 Å². The minimum absolute atomic E-state index is 0.106. The van der Waals surface area contributed by atoms with Crippen molar-refractivity contribution in [1.29, 1.82) is 0 Å². The Hall–Kier alpha value is -1.25. The number of halogens is 1. The lowest BCUT2D eigenvalue weighted by Gasteiger charge is -2.15. The summed E-state index contributed by atoms with van der Waals surface area (Å²) < 4.78 is 10.5. The van der Waals surface area contributed by atoms with E-state index in [0.29, 0.717) is 10.2 Å². The van der Waals surface area contributed by atoms with Crippen molar-refractivity contribution in [3.8, 4) is 0 Å². The van der Waals surface area contributed by atoms with Crippen molar-refractivity contribution in [3.63, 3.8) is 0 Å². The average molecular weight is 306 g/mol. The number of ether oxygens (including phenoxy) is 2. The van der Waals surface area contributed by atoms with E-state index in [0.717, 1.165) is 0 Å². The van der Waals surface area contributed by atoms with E-state index in [1.54, 1.807) is 0 Å². The van der Waals surface area contributed by atoms with Crippen LogP contribution >= 0.6 is 15.9 Å². The third-order valence-electron chi connectivity index (χ3n) is 2.05. The smallest absolute Gasteiger partial charge is 0.311 e.